The summed E-state index contributed by atoms with van der Waals surface area (Å²) in [5.41, 5.74) is 14.5. The molecular formula is C23H24N8O12S. The molecule has 0 unspecified atom stereocenters. The van der Waals surface area contributed by atoms with E-state index in [1.807, 2.05) is 4.72 Å². The predicted octanol–water partition coefficient (Wildman–Crippen LogP) is -0.943. The number of ether oxygens (including phenoxy) is 3. The third-order valence-electron chi connectivity index (χ3n) is 5.72. The number of phenolic OH excluding ortho intramolecular Hbond substituents is 3. The Kier molecular flexibility index (Phi) is 7.89. The quantitative estimate of drug-likeness (QED) is 0.0456. The lowest BCUT2D eigenvalue weighted by molar-refractivity contribution is -0.287. The van der Waals surface area contributed by atoms with Gasteiger partial charge in [0.25, 0.3) is 15.9 Å². The molecule has 20 nitrogen and oxygen atoms in total. The third kappa shape index (κ3) is 5.78. The molecule has 21 heteroatoms. The van der Waals surface area contributed by atoms with Gasteiger partial charge in [-0.15, -0.1) is 0 Å². The molecule has 3 aromatic heterocycles. The maximum absolute atomic E-state index is 13.5. The Morgan fingerprint density at radius 3 is 2.18 bits per heavy atom. The van der Waals surface area contributed by atoms with Gasteiger partial charge in [0, 0.05) is 23.5 Å². The van der Waals surface area contributed by atoms with Crippen LogP contribution in [0, 0.1) is 6.92 Å². The summed E-state index contributed by atoms with van der Waals surface area (Å²) >= 11 is 0. The number of methoxy groups -OCH3 is 1. The van der Waals surface area contributed by atoms with E-state index in [-0.39, 0.29) is 22.8 Å². The lowest BCUT2D eigenvalue weighted by Crippen LogP contribution is -2.45. The summed E-state index contributed by atoms with van der Waals surface area (Å²) in [6, 6.07) is 2.88. The molecule has 1 aromatic carbocycles. The summed E-state index contributed by atoms with van der Waals surface area (Å²) in [6.07, 6.45) is -0.763. The fourth-order valence-electron chi connectivity index (χ4n) is 3.54. The number of nitrogens with two attached hydrogens (primary N) is 3. The monoisotopic (exact) mass is 636 g/mol. The van der Waals surface area contributed by atoms with Crippen molar-refractivity contribution in [2.75, 3.05) is 23.3 Å². The van der Waals surface area contributed by atoms with E-state index in [1.54, 1.807) is 0 Å². The van der Waals surface area contributed by atoms with Gasteiger partial charge in [-0.05, 0) is 19.1 Å². The Balaban J connectivity index is 2.01. The maximum atomic E-state index is 13.5. The first-order valence-electron chi connectivity index (χ1n) is 11.7. The van der Waals surface area contributed by atoms with E-state index in [9.17, 15) is 43.9 Å². The molecule has 3 heterocycles. The zero-order chi connectivity index (χ0) is 32.7. The lowest BCUT2D eigenvalue weighted by Gasteiger charge is -2.23. The molecule has 0 spiro atoms. The summed E-state index contributed by atoms with van der Waals surface area (Å²) in [5, 5.41) is 59.2. The summed E-state index contributed by atoms with van der Waals surface area (Å²) in [6.45, 7) is 1.24. The predicted molar refractivity (Wildman–Crippen MR) is 148 cm³/mol. The van der Waals surface area contributed by atoms with Gasteiger partial charge in [0.2, 0.25) is 45.0 Å². The lowest BCUT2D eigenvalue weighted by atomic mass is 10.2. The van der Waals surface area contributed by atoms with Crippen molar-refractivity contribution in [3.63, 3.8) is 0 Å². The summed E-state index contributed by atoms with van der Waals surface area (Å²) < 4.78 is 44.4. The van der Waals surface area contributed by atoms with Crippen LogP contribution in [-0.4, -0.2) is 72.2 Å². The molecule has 0 aliphatic heterocycles. The van der Waals surface area contributed by atoms with Crippen LogP contribution >= 0.6 is 0 Å². The van der Waals surface area contributed by atoms with Gasteiger partial charge in [0.05, 0.1) is 7.11 Å². The van der Waals surface area contributed by atoms with Crippen LogP contribution in [-0.2, 0) is 10.0 Å². The highest BCUT2D eigenvalue weighted by Gasteiger charge is 2.34. The maximum Gasteiger partial charge on any atom is 0.389 e. The highest BCUT2D eigenvalue weighted by atomic mass is 32.2. The average Bonchev–Trinajstić information content (AvgIpc) is 2.97. The number of rotatable bonds is 9. The Labute approximate surface area is 245 Å². The molecule has 0 radical (unpaired) electrons. The SMILES string of the molecule is COc1nc(-c2ccncc2)nc(NS(=O)(=O)c2[nH]c(N)c(C)c(=O)c2O)c1Oc1c(O)c(O)c(O)c(N)c1OC(N)(O)O. The summed E-state index contributed by atoms with van der Waals surface area (Å²) in [7, 11) is -3.93. The van der Waals surface area contributed by atoms with Crippen molar-refractivity contribution in [3.05, 3.63) is 40.3 Å². The van der Waals surface area contributed by atoms with Crippen LogP contribution in [0.2, 0.25) is 0 Å². The number of aromatic amines is 1. The number of benzene rings is 1. The fraction of sp³-hybridized carbons (Fsp3) is 0.130. The van der Waals surface area contributed by atoms with E-state index in [0.29, 0.717) is 0 Å². The number of phenols is 3. The number of aromatic hydroxyl groups is 4. The zero-order valence-electron chi connectivity index (χ0n) is 22.4. The van der Waals surface area contributed by atoms with E-state index in [4.69, 9.17) is 26.7 Å². The second-order valence-electron chi connectivity index (χ2n) is 8.73. The van der Waals surface area contributed by atoms with Crippen LogP contribution in [0.15, 0.2) is 34.3 Å². The van der Waals surface area contributed by atoms with Gasteiger partial charge >= 0.3 is 6.10 Å². The Bertz CT molecular complexity index is 1930. The van der Waals surface area contributed by atoms with Gasteiger partial charge in [-0.25, -0.2) is 10.7 Å². The van der Waals surface area contributed by atoms with Gasteiger partial charge in [-0.2, -0.15) is 13.4 Å². The van der Waals surface area contributed by atoms with Gasteiger partial charge in [-0.3, -0.25) is 14.5 Å². The Morgan fingerprint density at radius 1 is 0.955 bits per heavy atom. The largest absolute Gasteiger partial charge is 0.503 e. The summed E-state index contributed by atoms with van der Waals surface area (Å²) in [5.74, 6) is -9.91. The highest BCUT2D eigenvalue weighted by Crippen LogP contribution is 2.56. The van der Waals surface area contributed by atoms with Crippen LogP contribution in [0.4, 0.5) is 17.3 Å². The first kappa shape index (κ1) is 31.2. The van der Waals surface area contributed by atoms with E-state index in [2.05, 4.69) is 24.7 Å². The number of pyridine rings is 2. The molecule has 0 aliphatic carbocycles. The van der Waals surface area contributed by atoms with Crippen molar-refractivity contribution in [2.24, 2.45) is 5.73 Å². The average molecular weight is 637 g/mol. The van der Waals surface area contributed by atoms with E-state index in [0.717, 1.165) is 7.11 Å². The molecule has 0 saturated heterocycles. The van der Waals surface area contributed by atoms with E-state index < -0.39 is 84.2 Å². The molecule has 0 bridgehead atoms. The van der Waals surface area contributed by atoms with Crippen LogP contribution in [0.5, 0.6) is 46.1 Å². The standard InChI is InChI=1S/C23H24N8O12S/c1-7-10(32)14(36)22(28-18(7)25)44(39,40)31-20-17(21(41-2)30-19(29-20)8-3-5-27-6-4-8)42-16-13(35)12(34)11(33)9(24)15(16)43-23(26,37)38/h3-6,33-38H,24,26H2,1-2H3,(H3,25,28,32)(H,29,30,31). The molecule has 4 rings (SSSR count). The normalized spacial score (nSPS) is 11.7. The smallest absolute Gasteiger partial charge is 0.389 e. The van der Waals surface area contributed by atoms with Crippen molar-refractivity contribution in [1.29, 1.82) is 0 Å². The first-order valence-corrected chi connectivity index (χ1v) is 13.2. The van der Waals surface area contributed by atoms with Crippen molar-refractivity contribution in [1.82, 2.24) is 19.9 Å². The van der Waals surface area contributed by atoms with Crippen molar-refractivity contribution in [2.45, 2.75) is 18.0 Å². The van der Waals surface area contributed by atoms with E-state index in [1.165, 1.54) is 31.5 Å². The molecule has 44 heavy (non-hydrogen) atoms. The number of sulfonamides is 1. The number of H-pyrrole nitrogens is 1. The van der Waals surface area contributed by atoms with Gasteiger partial charge in [-0.1, -0.05) is 0 Å². The number of nitrogens with zero attached hydrogens (tertiary/aromatic N) is 3. The summed E-state index contributed by atoms with van der Waals surface area (Å²) in [4.78, 5) is 26.7. The number of aliphatic hydroxyl groups is 2. The molecule has 14 N–H and O–H groups in total. The third-order valence-corrected chi connectivity index (χ3v) is 7.01. The minimum absolute atomic E-state index is 0.175. The minimum atomic E-state index is -5.00. The molecule has 234 valence electrons. The second-order valence-corrected chi connectivity index (χ2v) is 10.3. The zero-order valence-corrected chi connectivity index (χ0v) is 23.2. The molecule has 0 aliphatic rings. The first-order chi connectivity index (χ1) is 20.5. The van der Waals surface area contributed by atoms with Crippen molar-refractivity contribution >= 4 is 27.3 Å². The second kappa shape index (κ2) is 11.1. The minimum Gasteiger partial charge on any atom is -0.503 e. The van der Waals surface area contributed by atoms with Crippen LogP contribution < -0.4 is 41.6 Å². The van der Waals surface area contributed by atoms with Crippen molar-refractivity contribution in [3.8, 4) is 57.5 Å². The number of hydrogen-bond acceptors (Lipinski definition) is 18. The Hall–Kier alpha value is -5.77. The highest BCUT2D eigenvalue weighted by molar-refractivity contribution is 7.92. The van der Waals surface area contributed by atoms with E-state index >= 15 is 0 Å². The molecule has 0 fully saturated rings. The van der Waals surface area contributed by atoms with Gasteiger partial charge in [0.15, 0.2) is 17.4 Å². The molecule has 4 aromatic rings. The van der Waals surface area contributed by atoms with Gasteiger partial charge in [0.1, 0.15) is 11.5 Å². The topological polar surface area (TPSA) is 345 Å². The number of hydrogen-bond donors (Lipinski definition) is 11. The molecular weight excluding hydrogens is 612 g/mol. The van der Waals surface area contributed by atoms with Gasteiger partial charge < -0.3 is 61.3 Å². The van der Waals surface area contributed by atoms with Crippen LogP contribution in [0.1, 0.15) is 5.56 Å². The Morgan fingerprint density at radius 2 is 1.59 bits per heavy atom. The number of aromatic nitrogens is 4. The molecule has 0 amide bonds. The fourth-order valence-corrected chi connectivity index (χ4v) is 4.63. The molecule has 0 atom stereocenters. The number of nitrogens with one attached hydrogen (secondary N) is 2. The number of nitrogen functional groups attached to an aromatic ring is 2. The molecule has 0 saturated carbocycles. The van der Waals surface area contributed by atoms with Crippen molar-refractivity contribution < 1.29 is 53.3 Å². The van der Waals surface area contributed by atoms with Crippen LogP contribution in [0.3, 0.4) is 0 Å². The van der Waals surface area contributed by atoms with Crippen LogP contribution in [0.25, 0.3) is 11.4 Å². The number of anilines is 3.